The summed E-state index contributed by atoms with van der Waals surface area (Å²) in [5.74, 6) is -0.940. The van der Waals surface area contributed by atoms with E-state index >= 15 is 0 Å². The summed E-state index contributed by atoms with van der Waals surface area (Å²) < 4.78 is 7.51. The van der Waals surface area contributed by atoms with Crippen LogP contribution in [0.1, 0.15) is 21.5 Å². The van der Waals surface area contributed by atoms with E-state index in [1.807, 2.05) is 26.0 Å². The van der Waals surface area contributed by atoms with E-state index in [0.717, 1.165) is 16.8 Å². The molecule has 0 atom stereocenters. The Hall–Kier alpha value is -4.27. The summed E-state index contributed by atoms with van der Waals surface area (Å²) >= 11 is 0. The molecule has 9 heteroatoms. The van der Waals surface area contributed by atoms with Crippen molar-refractivity contribution in [2.75, 3.05) is 12.4 Å². The summed E-state index contributed by atoms with van der Waals surface area (Å²) in [6.45, 7) is 3.74. The molecule has 1 N–H and O–H groups in total. The minimum absolute atomic E-state index is 0.237. The highest BCUT2D eigenvalue weighted by Crippen LogP contribution is 2.17. The van der Waals surface area contributed by atoms with Crippen molar-refractivity contribution in [2.45, 2.75) is 20.4 Å². The highest BCUT2D eigenvalue weighted by atomic mass is 16.5. The van der Waals surface area contributed by atoms with Crippen LogP contribution in [0.2, 0.25) is 0 Å². The molecule has 2 aromatic carbocycles. The summed E-state index contributed by atoms with van der Waals surface area (Å²) in [4.78, 5) is 41.4. The highest BCUT2D eigenvalue weighted by Gasteiger charge is 2.14. The average Bonchev–Trinajstić information content (AvgIpc) is 3.19. The number of ether oxygens (including phenoxy) is 1. The lowest BCUT2D eigenvalue weighted by atomic mass is 10.1. The fourth-order valence-electron chi connectivity index (χ4n) is 3.52. The van der Waals surface area contributed by atoms with Gasteiger partial charge in [-0.15, -0.1) is 0 Å². The molecule has 4 rings (SSSR count). The smallest absolute Gasteiger partial charge is 0.337 e. The first-order valence-electron chi connectivity index (χ1n) is 9.86. The van der Waals surface area contributed by atoms with Crippen LogP contribution < -0.4 is 10.9 Å². The summed E-state index contributed by atoms with van der Waals surface area (Å²) in [5.41, 5.74) is 3.73. The molecular formula is C23H21N5O4. The van der Waals surface area contributed by atoms with E-state index in [1.165, 1.54) is 30.3 Å². The molecule has 0 saturated heterocycles. The van der Waals surface area contributed by atoms with E-state index in [9.17, 15) is 14.4 Å². The number of esters is 1. The number of anilines is 1. The minimum Gasteiger partial charge on any atom is -0.465 e. The monoisotopic (exact) mass is 431 g/mol. The first-order chi connectivity index (χ1) is 15.4. The van der Waals surface area contributed by atoms with Crippen molar-refractivity contribution >= 4 is 28.6 Å². The van der Waals surface area contributed by atoms with Gasteiger partial charge < -0.3 is 10.1 Å². The molecule has 0 aliphatic rings. The van der Waals surface area contributed by atoms with Crippen molar-refractivity contribution in [1.82, 2.24) is 19.3 Å². The first kappa shape index (κ1) is 21.0. The third-order valence-corrected chi connectivity index (χ3v) is 4.89. The van der Waals surface area contributed by atoms with Crippen molar-refractivity contribution in [3.8, 4) is 5.69 Å². The van der Waals surface area contributed by atoms with Gasteiger partial charge >= 0.3 is 5.97 Å². The highest BCUT2D eigenvalue weighted by molar-refractivity contribution is 5.94. The second-order valence-electron chi connectivity index (χ2n) is 7.44. The SMILES string of the molecule is COC(=O)c1cccc(NC(=O)Cn2cnc3c(cnn3-c3cc(C)cc(C)c3)c2=O)c1. The number of aryl methyl sites for hydroxylation is 2. The maximum atomic E-state index is 12.9. The van der Waals surface area contributed by atoms with Crippen molar-refractivity contribution in [3.05, 3.63) is 82.0 Å². The quantitative estimate of drug-likeness (QED) is 0.487. The second kappa shape index (κ2) is 8.46. The molecule has 0 bridgehead atoms. The number of amides is 1. The predicted molar refractivity (Wildman–Crippen MR) is 119 cm³/mol. The molecule has 2 heterocycles. The number of nitrogens with one attached hydrogen (secondary N) is 1. The van der Waals surface area contributed by atoms with Crippen LogP contribution in [0.5, 0.6) is 0 Å². The molecule has 162 valence electrons. The van der Waals surface area contributed by atoms with E-state index in [4.69, 9.17) is 0 Å². The molecule has 0 saturated carbocycles. The summed E-state index contributed by atoms with van der Waals surface area (Å²) in [6, 6.07) is 12.3. The fraction of sp³-hybridized carbons (Fsp3) is 0.174. The van der Waals surface area contributed by atoms with Gasteiger partial charge in [0.15, 0.2) is 5.65 Å². The van der Waals surface area contributed by atoms with Crippen LogP contribution in [0.4, 0.5) is 5.69 Å². The molecule has 0 spiro atoms. The van der Waals surface area contributed by atoms with Crippen molar-refractivity contribution in [3.63, 3.8) is 0 Å². The van der Waals surface area contributed by atoms with Crippen LogP contribution >= 0.6 is 0 Å². The van der Waals surface area contributed by atoms with Gasteiger partial charge in [0.1, 0.15) is 18.3 Å². The topological polar surface area (TPSA) is 108 Å². The molecule has 32 heavy (non-hydrogen) atoms. The Labute approximate surface area is 183 Å². The standard InChI is InChI=1S/C23H21N5O4/c1-14-7-15(2)9-18(8-14)28-21-19(11-25-28)22(30)27(13-24-21)12-20(29)26-17-6-4-5-16(10-17)23(31)32-3/h4-11,13H,12H2,1-3H3,(H,26,29). The van der Waals surface area contributed by atoms with Crippen LogP contribution in [0.3, 0.4) is 0 Å². The Morgan fingerprint density at radius 3 is 2.56 bits per heavy atom. The Morgan fingerprint density at radius 1 is 1.09 bits per heavy atom. The van der Waals surface area contributed by atoms with E-state index in [0.29, 0.717) is 22.3 Å². The molecule has 0 fully saturated rings. The molecule has 2 aromatic heterocycles. The van der Waals surface area contributed by atoms with Crippen LogP contribution in [0.25, 0.3) is 16.7 Å². The van der Waals surface area contributed by atoms with Crippen LogP contribution in [-0.2, 0) is 16.1 Å². The van der Waals surface area contributed by atoms with E-state index < -0.39 is 11.9 Å². The molecule has 0 unspecified atom stereocenters. The lowest BCUT2D eigenvalue weighted by Crippen LogP contribution is -2.28. The summed E-state index contributed by atoms with van der Waals surface area (Å²) in [5, 5.41) is 7.31. The number of aromatic nitrogens is 4. The van der Waals surface area contributed by atoms with E-state index in [1.54, 1.807) is 22.9 Å². The predicted octanol–water partition coefficient (Wildman–Crippen LogP) is 2.62. The number of carbonyl (C=O) groups excluding carboxylic acids is 2. The lowest BCUT2D eigenvalue weighted by Gasteiger charge is -2.09. The van der Waals surface area contributed by atoms with Crippen LogP contribution in [0, 0.1) is 13.8 Å². The zero-order valence-corrected chi connectivity index (χ0v) is 17.8. The Morgan fingerprint density at radius 2 is 1.84 bits per heavy atom. The maximum Gasteiger partial charge on any atom is 0.337 e. The molecule has 0 aliphatic heterocycles. The number of nitrogens with zero attached hydrogens (tertiary/aromatic N) is 4. The normalized spacial score (nSPS) is 10.8. The van der Waals surface area contributed by atoms with Crippen molar-refractivity contribution in [1.29, 1.82) is 0 Å². The Balaban J connectivity index is 1.58. The van der Waals surface area contributed by atoms with Crippen molar-refractivity contribution in [2.24, 2.45) is 0 Å². The Kier molecular flexibility index (Phi) is 5.55. The van der Waals surface area contributed by atoms with Gasteiger partial charge in [0, 0.05) is 5.69 Å². The summed E-state index contributed by atoms with van der Waals surface area (Å²) in [6.07, 6.45) is 2.78. The fourth-order valence-corrected chi connectivity index (χ4v) is 3.52. The molecule has 1 amide bonds. The van der Waals surface area contributed by atoms with Gasteiger partial charge in [0.2, 0.25) is 5.91 Å². The second-order valence-corrected chi connectivity index (χ2v) is 7.44. The molecule has 4 aromatic rings. The third-order valence-electron chi connectivity index (χ3n) is 4.89. The average molecular weight is 431 g/mol. The maximum absolute atomic E-state index is 12.9. The van der Waals surface area contributed by atoms with Gasteiger partial charge in [-0.25, -0.2) is 14.5 Å². The Bertz CT molecular complexity index is 1380. The number of benzene rings is 2. The van der Waals surface area contributed by atoms with Gasteiger partial charge in [-0.2, -0.15) is 5.10 Å². The number of hydrogen-bond donors (Lipinski definition) is 1. The molecule has 9 nitrogen and oxygen atoms in total. The van der Waals surface area contributed by atoms with Gasteiger partial charge in [0.05, 0.1) is 24.6 Å². The van der Waals surface area contributed by atoms with Gasteiger partial charge in [-0.3, -0.25) is 14.2 Å². The number of hydrogen-bond acceptors (Lipinski definition) is 6. The number of carbonyl (C=O) groups is 2. The summed E-state index contributed by atoms with van der Waals surface area (Å²) in [7, 11) is 1.28. The molecular weight excluding hydrogens is 410 g/mol. The number of methoxy groups -OCH3 is 1. The minimum atomic E-state index is -0.507. The molecule has 0 radical (unpaired) electrons. The lowest BCUT2D eigenvalue weighted by molar-refractivity contribution is -0.116. The number of rotatable bonds is 5. The first-order valence-corrected chi connectivity index (χ1v) is 9.86. The third kappa shape index (κ3) is 4.13. The van der Waals surface area contributed by atoms with Crippen LogP contribution in [-0.4, -0.2) is 38.3 Å². The van der Waals surface area contributed by atoms with E-state index in [-0.39, 0.29) is 12.1 Å². The zero-order chi connectivity index (χ0) is 22.8. The largest absolute Gasteiger partial charge is 0.465 e. The van der Waals surface area contributed by atoms with Gasteiger partial charge in [-0.05, 0) is 55.3 Å². The van der Waals surface area contributed by atoms with Gasteiger partial charge in [0.25, 0.3) is 5.56 Å². The van der Waals surface area contributed by atoms with Gasteiger partial charge in [-0.1, -0.05) is 12.1 Å². The van der Waals surface area contributed by atoms with E-state index in [2.05, 4.69) is 26.2 Å². The molecule has 0 aliphatic carbocycles. The zero-order valence-electron chi connectivity index (χ0n) is 17.8. The van der Waals surface area contributed by atoms with Crippen LogP contribution in [0.15, 0.2) is 59.8 Å². The van der Waals surface area contributed by atoms with Crippen molar-refractivity contribution < 1.29 is 14.3 Å². The number of fused-ring (bicyclic) bond motifs is 1.